The number of benzene rings is 5. The molecule has 11 nitrogen and oxygen atoms in total. The topological polar surface area (TPSA) is 168 Å². The Balaban J connectivity index is 1.32. The van der Waals surface area contributed by atoms with Crippen molar-refractivity contribution in [2.45, 2.75) is 10.1 Å². The van der Waals surface area contributed by atoms with E-state index in [-0.39, 0.29) is 22.9 Å². The lowest BCUT2D eigenvalue weighted by atomic mass is 10.1. The second-order valence-electron chi connectivity index (χ2n) is 10.5. The fraction of sp³-hybridized carbons (Fsp3) is 0.0270. The molecule has 5 aromatic rings. The van der Waals surface area contributed by atoms with Crippen molar-refractivity contribution >= 4 is 58.6 Å². The number of nitro benzene ring substituents is 1. The van der Waals surface area contributed by atoms with Gasteiger partial charge in [0.15, 0.2) is 0 Å². The molecule has 0 radical (unpaired) electrons. The Labute approximate surface area is 284 Å². The predicted molar refractivity (Wildman–Crippen MR) is 187 cm³/mol. The summed E-state index contributed by atoms with van der Waals surface area (Å²) in [6, 6.07) is 35.7. The van der Waals surface area contributed by atoms with Gasteiger partial charge in [0, 0.05) is 34.0 Å². The first kappa shape index (κ1) is 33.8. The highest BCUT2D eigenvalue weighted by Crippen LogP contribution is 2.37. The third-order valence-corrected chi connectivity index (χ3v) is 8.32. The number of nitro groups is 1. The van der Waals surface area contributed by atoms with E-state index < -0.39 is 28.0 Å². The Morgan fingerprint density at radius 3 is 1.86 bits per heavy atom. The van der Waals surface area contributed by atoms with E-state index in [1.54, 1.807) is 54.6 Å². The zero-order valence-electron chi connectivity index (χ0n) is 25.6. The van der Waals surface area contributed by atoms with E-state index in [1.165, 1.54) is 66.4 Å². The summed E-state index contributed by atoms with van der Waals surface area (Å²) in [4.78, 5) is 62.3. The highest BCUT2D eigenvalue weighted by molar-refractivity contribution is 8.00. The van der Waals surface area contributed by atoms with Gasteiger partial charge in [-0.05, 0) is 90.0 Å². The van der Waals surface area contributed by atoms with Crippen molar-refractivity contribution in [1.29, 1.82) is 0 Å². The molecule has 0 aliphatic heterocycles. The Kier molecular flexibility index (Phi) is 10.9. The maximum absolute atomic E-state index is 13.4. The molecule has 1 atom stereocenters. The highest BCUT2D eigenvalue weighted by atomic mass is 32.2. The number of hydrogen-bond acceptors (Lipinski definition) is 7. The number of carboxylic acid groups (broad SMARTS) is 1. The molecule has 1 unspecified atom stereocenters. The number of amides is 3. The molecule has 0 aliphatic rings. The molecule has 49 heavy (non-hydrogen) atoms. The van der Waals surface area contributed by atoms with Gasteiger partial charge in [-0.3, -0.25) is 24.5 Å². The summed E-state index contributed by atoms with van der Waals surface area (Å²) >= 11 is 1.29. The van der Waals surface area contributed by atoms with E-state index in [9.17, 15) is 29.3 Å². The van der Waals surface area contributed by atoms with E-state index >= 15 is 0 Å². The Morgan fingerprint density at radius 2 is 1.27 bits per heavy atom. The second kappa shape index (κ2) is 15.8. The maximum atomic E-state index is 13.4. The van der Waals surface area contributed by atoms with Gasteiger partial charge in [-0.1, -0.05) is 48.5 Å². The van der Waals surface area contributed by atoms with Gasteiger partial charge in [0.25, 0.3) is 17.5 Å². The predicted octanol–water partition coefficient (Wildman–Crippen LogP) is 7.17. The zero-order chi connectivity index (χ0) is 34.8. The fourth-order valence-corrected chi connectivity index (χ4v) is 5.58. The fourth-order valence-electron chi connectivity index (χ4n) is 4.56. The molecule has 12 heteroatoms. The third-order valence-electron chi connectivity index (χ3n) is 7.05. The lowest BCUT2D eigenvalue weighted by molar-refractivity contribution is -0.384. The Hall–Kier alpha value is -6.53. The number of carbonyl (C=O) groups is 4. The average molecular weight is 673 g/mol. The van der Waals surface area contributed by atoms with Crippen molar-refractivity contribution in [2.24, 2.45) is 0 Å². The quantitative estimate of drug-likeness (QED) is 0.0468. The molecule has 0 spiro atoms. The molecule has 0 aromatic heterocycles. The van der Waals surface area contributed by atoms with Crippen LogP contribution < -0.4 is 16.0 Å². The number of hydrogen-bond donors (Lipinski definition) is 4. The summed E-state index contributed by atoms with van der Waals surface area (Å²) in [6.45, 7) is 0. The third kappa shape index (κ3) is 9.27. The highest BCUT2D eigenvalue weighted by Gasteiger charge is 2.23. The Morgan fingerprint density at radius 1 is 0.694 bits per heavy atom. The van der Waals surface area contributed by atoms with Crippen LogP contribution >= 0.6 is 11.8 Å². The van der Waals surface area contributed by atoms with Gasteiger partial charge in [0.2, 0.25) is 5.91 Å². The number of rotatable bonds is 12. The molecule has 5 aromatic carbocycles. The largest absolute Gasteiger partial charge is 0.478 e. The van der Waals surface area contributed by atoms with E-state index in [0.29, 0.717) is 22.5 Å². The minimum atomic E-state index is -1.07. The Bertz CT molecular complexity index is 2000. The van der Waals surface area contributed by atoms with E-state index in [2.05, 4.69) is 16.0 Å². The molecule has 244 valence electrons. The normalized spacial score (nSPS) is 11.6. The second-order valence-corrected chi connectivity index (χ2v) is 11.7. The summed E-state index contributed by atoms with van der Waals surface area (Å²) < 4.78 is 0. The molecule has 0 bridgehead atoms. The van der Waals surface area contributed by atoms with E-state index in [1.807, 2.05) is 30.3 Å². The van der Waals surface area contributed by atoms with Crippen LogP contribution in [0.4, 0.5) is 17.1 Å². The summed E-state index contributed by atoms with van der Waals surface area (Å²) in [6.07, 6.45) is 1.42. The zero-order valence-corrected chi connectivity index (χ0v) is 26.4. The van der Waals surface area contributed by atoms with Crippen molar-refractivity contribution in [3.63, 3.8) is 0 Å². The number of anilines is 2. The first-order chi connectivity index (χ1) is 23.7. The van der Waals surface area contributed by atoms with Gasteiger partial charge in [-0.25, -0.2) is 4.79 Å². The molecule has 0 aliphatic carbocycles. The minimum absolute atomic E-state index is 0.0849. The molecule has 0 saturated carbocycles. The van der Waals surface area contributed by atoms with Gasteiger partial charge in [-0.2, -0.15) is 0 Å². The van der Waals surface area contributed by atoms with Crippen molar-refractivity contribution in [1.82, 2.24) is 5.32 Å². The van der Waals surface area contributed by atoms with Gasteiger partial charge >= 0.3 is 5.97 Å². The van der Waals surface area contributed by atoms with E-state index in [0.717, 1.165) is 10.5 Å². The standard InChI is InChI=1S/C37H28N4O7S/c42-34(26-9-5-2-6-10-26)40-32(23-24-11-19-30(20-12-24)41(47)48)35(43)38-29-17-21-31(22-18-29)49-33(25-7-3-1-4-8-25)36(44)39-28-15-13-27(14-16-28)37(45)46/h1-23,33H,(H,38,43)(H,39,44)(H,40,42)(H,45,46)/b32-23-. The number of nitrogens with zero attached hydrogens (tertiary/aromatic N) is 1. The number of carboxylic acids is 1. The smallest absolute Gasteiger partial charge is 0.335 e. The van der Waals surface area contributed by atoms with Crippen LogP contribution in [-0.4, -0.2) is 33.7 Å². The molecule has 0 fully saturated rings. The number of thioether (sulfide) groups is 1. The lowest BCUT2D eigenvalue weighted by Crippen LogP contribution is -2.30. The minimum Gasteiger partial charge on any atom is -0.478 e. The molecule has 0 saturated heterocycles. The first-order valence-corrected chi connectivity index (χ1v) is 15.6. The van der Waals surface area contributed by atoms with Crippen LogP contribution in [0.15, 0.2) is 144 Å². The van der Waals surface area contributed by atoms with Crippen molar-refractivity contribution in [3.05, 3.63) is 172 Å². The number of carbonyl (C=O) groups excluding carboxylic acids is 3. The SMILES string of the molecule is O=C(Nc1ccc(SC(C(=O)Nc2ccc(C(=O)O)cc2)c2ccccc2)cc1)/C(=C/c1ccc([N+](=O)[O-])cc1)NC(=O)c1ccccc1. The van der Waals surface area contributed by atoms with Gasteiger partial charge in [0.1, 0.15) is 10.9 Å². The summed E-state index contributed by atoms with van der Waals surface area (Å²) in [5.41, 5.74) is 2.31. The van der Waals surface area contributed by atoms with Gasteiger partial charge < -0.3 is 21.1 Å². The molecule has 5 rings (SSSR count). The maximum Gasteiger partial charge on any atom is 0.335 e. The van der Waals surface area contributed by atoms with E-state index in [4.69, 9.17) is 5.11 Å². The molecule has 3 amide bonds. The number of nitrogens with one attached hydrogen (secondary N) is 3. The van der Waals surface area contributed by atoms with Crippen molar-refractivity contribution in [2.75, 3.05) is 10.6 Å². The average Bonchev–Trinajstić information content (AvgIpc) is 3.12. The van der Waals surface area contributed by atoms with Crippen LogP contribution in [0.1, 0.15) is 37.1 Å². The summed E-state index contributed by atoms with van der Waals surface area (Å²) in [5, 5.41) is 27.8. The van der Waals surface area contributed by atoms with Crippen LogP contribution in [0.25, 0.3) is 6.08 Å². The van der Waals surface area contributed by atoms with Crippen LogP contribution in [0, 0.1) is 10.1 Å². The van der Waals surface area contributed by atoms with Gasteiger partial charge in [0.05, 0.1) is 10.5 Å². The number of non-ortho nitro benzene ring substituents is 1. The number of aromatic carboxylic acids is 1. The summed E-state index contributed by atoms with van der Waals surface area (Å²) in [7, 11) is 0. The molecule has 0 heterocycles. The lowest BCUT2D eigenvalue weighted by Gasteiger charge is -2.18. The first-order valence-electron chi connectivity index (χ1n) is 14.8. The summed E-state index contributed by atoms with van der Waals surface area (Å²) in [5.74, 6) is -2.52. The van der Waals surface area contributed by atoms with Crippen molar-refractivity contribution in [3.8, 4) is 0 Å². The van der Waals surface area contributed by atoms with Crippen LogP contribution in [0.3, 0.4) is 0 Å². The van der Waals surface area contributed by atoms with Crippen LogP contribution in [-0.2, 0) is 9.59 Å². The molecule has 4 N–H and O–H groups in total. The van der Waals surface area contributed by atoms with Crippen LogP contribution in [0.2, 0.25) is 0 Å². The molecular formula is C37H28N4O7S. The molecular weight excluding hydrogens is 644 g/mol. The van der Waals surface area contributed by atoms with Crippen molar-refractivity contribution < 1.29 is 29.2 Å². The van der Waals surface area contributed by atoms with Crippen LogP contribution in [0.5, 0.6) is 0 Å². The monoisotopic (exact) mass is 672 g/mol. The van der Waals surface area contributed by atoms with Gasteiger partial charge in [-0.15, -0.1) is 11.8 Å².